The quantitative estimate of drug-likeness (QED) is 0.687. The van der Waals surface area contributed by atoms with Crippen LogP contribution in [0.4, 0.5) is 4.79 Å². The Hall–Kier alpha value is -1.51. The first-order chi connectivity index (χ1) is 8.25. The minimum absolute atomic E-state index is 0.203. The van der Waals surface area contributed by atoms with Crippen molar-refractivity contribution in [2.45, 2.75) is 31.2 Å². The average molecular weight is 231 g/mol. The SMILES string of the molecule is COC(=O)N1Cc2ccccc2C2(CCC2)C1. The van der Waals surface area contributed by atoms with Crippen LogP contribution in [0.25, 0.3) is 0 Å². The predicted octanol–water partition coefficient (Wildman–Crippen LogP) is 2.69. The summed E-state index contributed by atoms with van der Waals surface area (Å²) in [7, 11) is 1.45. The molecule has 1 aromatic carbocycles. The second-order valence-corrected chi connectivity index (χ2v) is 5.12. The fourth-order valence-electron chi connectivity index (χ4n) is 3.18. The molecule has 17 heavy (non-hydrogen) atoms. The number of ether oxygens (including phenoxy) is 1. The average Bonchev–Trinajstić information content (AvgIpc) is 2.34. The number of benzene rings is 1. The summed E-state index contributed by atoms with van der Waals surface area (Å²) in [4.78, 5) is 13.5. The number of carbonyl (C=O) groups is 1. The van der Waals surface area contributed by atoms with Crippen LogP contribution < -0.4 is 0 Å². The van der Waals surface area contributed by atoms with E-state index >= 15 is 0 Å². The van der Waals surface area contributed by atoms with Crippen molar-refractivity contribution in [2.75, 3.05) is 13.7 Å². The first kappa shape index (κ1) is 10.6. The fourth-order valence-corrected chi connectivity index (χ4v) is 3.18. The lowest BCUT2D eigenvalue weighted by molar-refractivity contribution is 0.0810. The molecule has 1 fully saturated rings. The van der Waals surface area contributed by atoms with Gasteiger partial charge >= 0.3 is 6.09 Å². The summed E-state index contributed by atoms with van der Waals surface area (Å²) in [5.41, 5.74) is 2.94. The Morgan fingerprint density at radius 2 is 2.12 bits per heavy atom. The third-order valence-electron chi connectivity index (χ3n) is 4.19. The smallest absolute Gasteiger partial charge is 0.409 e. The van der Waals surface area contributed by atoms with Gasteiger partial charge in [-0.05, 0) is 24.0 Å². The molecule has 1 amide bonds. The number of hydrogen-bond acceptors (Lipinski definition) is 2. The van der Waals surface area contributed by atoms with Gasteiger partial charge in [-0.25, -0.2) is 4.79 Å². The first-order valence-electron chi connectivity index (χ1n) is 6.16. The number of hydrogen-bond donors (Lipinski definition) is 0. The molecule has 2 aliphatic rings. The van der Waals surface area contributed by atoms with E-state index in [1.807, 2.05) is 11.0 Å². The van der Waals surface area contributed by atoms with E-state index in [1.165, 1.54) is 37.5 Å². The zero-order valence-electron chi connectivity index (χ0n) is 10.1. The molecule has 0 radical (unpaired) electrons. The van der Waals surface area contributed by atoms with Crippen LogP contribution in [0.2, 0.25) is 0 Å². The predicted molar refractivity (Wildman–Crippen MR) is 64.8 cm³/mol. The number of fused-ring (bicyclic) bond motifs is 2. The molecule has 0 saturated heterocycles. The van der Waals surface area contributed by atoms with Gasteiger partial charge in [-0.1, -0.05) is 30.7 Å². The molecule has 3 rings (SSSR count). The van der Waals surface area contributed by atoms with Gasteiger partial charge in [0.25, 0.3) is 0 Å². The number of amides is 1. The maximum Gasteiger partial charge on any atom is 0.409 e. The Labute approximate surface area is 101 Å². The van der Waals surface area contributed by atoms with Crippen molar-refractivity contribution >= 4 is 6.09 Å². The van der Waals surface area contributed by atoms with Crippen LogP contribution in [-0.4, -0.2) is 24.6 Å². The van der Waals surface area contributed by atoms with Crippen LogP contribution in [0.5, 0.6) is 0 Å². The molecule has 0 aromatic heterocycles. The van der Waals surface area contributed by atoms with Crippen LogP contribution in [0, 0.1) is 0 Å². The van der Waals surface area contributed by atoms with Crippen LogP contribution >= 0.6 is 0 Å². The Bertz CT molecular complexity index is 451. The van der Waals surface area contributed by atoms with Gasteiger partial charge in [-0.15, -0.1) is 0 Å². The van der Waals surface area contributed by atoms with Gasteiger partial charge in [0, 0.05) is 18.5 Å². The minimum atomic E-state index is -0.203. The maximum atomic E-state index is 11.7. The Morgan fingerprint density at radius 1 is 1.35 bits per heavy atom. The Kier molecular flexibility index (Phi) is 2.35. The van der Waals surface area contributed by atoms with E-state index in [0.717, 1.165) is 6.54 Å². The second kappa shape index (κ2) is 3.76. The van der Waals surface area contributed by atoms with Crippen molar-refractivity contribution in [3.63, 3.8) is 0 Å². The van der Waals surface area contributed by atoms with Crippen molar-refractivity contribution in [3.05, 3.63) is 35.4 Å². The summed E-state index contributed by atoms with van der Waals surface area (Å²) in [6.45, 7) is 1.50. The molecule has 0 N–H and O–H groups in total. The maximum absolute atomic E-state index is 11.7. The van der Waals surface area contributed by atoms with Crippen molar-refractivity contribution in [1.82, 2.24) is 4.90 Å². The van der Waals surface area contributed by atoms with Gasteiger partial charge in [0.05, 0.1) is 7.11 Å². The van der Waals surface area contributed by atoms with E-state index in [9.17, 15) is 4.79 Å². The van der Waals surface area contributed by atoms with Crippen molar-refractivity contribution in [3.8, 4) is 0 Å². The van der Waals surface area contributed by atoms with Gasteiger partial charge in [-0.2, -0.15) is 0 Å². The van der Waals surface area contributed by atoms with E-state index in [-0.39, 0.29) is 11.5 Å². The normalized spacial score (nSPS) is 20.6. The highest BCUT2D eigenvalue weighted by Gasteiger charge is 2.45. The summed E-state index contributed by atoms with van der Waals surface area (Å²) in [5, 5.41) is 0. The lowest BCUT2D eigenvalue weighted by Gasteiger charge is -2.49. The molecule has 1 aliphatic heterocycles. The summed E-state index contributed by atoms with van der Waals surface area (Å²) in [6, 6.07) is 8.51. The number of nitrogens with zero attached hydrogens (tertiary/aromatic N) is 1. The van der Waals surface area contributed by atoms with E-state index in [0.29, 0.717) is 6.54 Å². The zero-order valence-corrected chi connectivity index (χ0v) is 10.1. The molecule has 1 spiro atoms. The summed E-state index contributed by atoms with van der Waals surface area (Å²) >= 11 is 0. The lowest BCUT2D eigenvalue weighted by atomic mass is 9.61. The Balaban J connectivity index is 1.99. The zero-order chi connectivity index (χ0) is 11.9. The molecule has 0 atom stereocenters. The minimum Gasteiger partial charge on any atom is -0.453 e. The lowest BCUT2D eigenvalue weighted by Crippen LogP contribution is -2.51. The van der Waals surface area contributed by atoms with Gasteiger partial charge in [0.2, 0.25) is 0 Å². The number of rotatable bonds is 0. The standard InChI is InChI=1S/C14H17NO2/c1-17-13(16)15-9-11-5-2-3-6-12(11)14(10-15)7-4-8-14/h2-3,5-6H,4,7-10H2,1H3. The summed E-state index contributed by atoms with van der Waals surface area (Å²) in [5.74, 6) is 0. The highest BCUT2D eigenvalue weighted by molar-refractivity contribution is 5.68. The van der Waals surface area contributed by atoms with Crippen LogP contribution in [-0.2, 0) is 16.7 Å². The molecule has 3 nitrogen and oxygen atoms in total. The molecule has 1 aromatic rings. The van der Waals surface area contributed by atoms with Crippen LogP contribution in [0.1, 0.15) is 30.4 Å². The third-order valence-corrected chi connectivity index (χ3v) is 4.19. The monoisotopic (exact) mass is 231 g/mol. The highest BCUT2D eigenvalue weighted by atomic mass is 16.5. The van der Waals surface area contributed by atoms with Crippen molar-refractivity contribution in [2.24, 2.45) is 0 Å². The van der Waals surface area contributed by atoms with Gasteiger partial charge in [0.1, 0.15) is 0 Å². The van der Waals surface area contributed by atoms with Gasteiger partial charge < -0.3 is 9.64 Å². The van der Waals surface area contributed by atoms with E-state index in [4.69, 9.17) is 4.74 Å². The molecule has 3 heteroatoms. The van der Waals surface area contributed by atoms with E-state index in [1.54, 1.807) is 0 Å². The summed E-state index contributed by atoms with van der Waals surface area (Å²) < 4.78 is 4.85. The third kappa shape index (κ3) is 1.53. The molecule has 0 unspecified atom stereocenters. The van der Waals surface area contributed by atoms with Crippen LogP contribution in [0.15, 0.2) is 24.3 Å². The highest BCUT2D eigenvalue weighted by Crippen LogP contribution is 2.48. The largest absolute Gasteiger partial charge is 0.453 e. The van der Waals surface area contributed by atoms with Crippen molar-refractivity contribution in [1.29, 1.82) is 0 Å². The van der Waals surface area contributed by atoms with E-state index in [2.05, 4.69) is 18.2 Å². The molecular weight excluding hydrogens is 214 g/mol. The van der Waals surface area contributed by atoms with Crippen LogP contribution in [0.3, 0.4) is 0 Å². The van der Waals surface area contributed by atoms with Gasteiger partial charge in [-0.3, -0.25) is 0 Å². The molecule has 1 aliphatic carbocycles. The van der Waals surface area contributed by atoms with Gasteiger partial charge in [0.15, 0.2) is 0 Å². The molecule has 0 bridgehead atoms. The topological polar surface area (TPSA) is 29.5 Å². The summed E-state index contributed by atoms with van der Waals surface area (Å²) in [6.07, 6.45) is 3.45. The van der Waals surface area contributed by atoms with E-state index < -0.39 is 0 Å². The molecule has 90 valence electrons. The molecular formula is C14H17NO2. The number of methoxy groups -OCH3 is 1. The molecule has 1 saturated carbocycles. The molecule has 1 heterocycles. The Morgan fingerprint density at radius 3 is 2.76 bits per heavy atom. The fraction of sp³-hybridized carbons (Fsp3) is 0.500. The number of carbonyl (C=O) groups excluding carboxylic acids is 1. The second-order valence-electron chi connectivity index (χ2n) is 5.12. The van der Waals surface area contributed by atoms with Crippen molar-refractivity contribution < 1.29 is 9.53 Å². The first-order valence-corrected chi connectivity index (χ1v) is 6.16.